The van der Waals surface area contributed by atoms with Crippen molar-refractivity contribution in [1.82, 2.24) is 0 Å². The first kappa shape index (κ1) is 20.3. The number of amides is 1. The standard InChI is InChI=1S/C20H21Cl2NO3/c1-2-3-12-26-20(25)15-5-9-17(10-6-15)23-19(24)11-7-14-4-8-16(21)13-18(14)22/h4-6,8-10,13H,2-3,7,11-12H2,1H3,(H,23,24). The average molecular weight is 394 g/mol. The molecule has 0 bridgehead atoms. The molecule has 6 heteroatoms. The largest absolute Gasteiger partial charge is 0.462 e. The fourth-order valence-corrected chi connectivity index (χ4v) is 2.78. The summed E-state index contributed by atoms with van der Waals surface area (Å²) in [6.07, 6.45) is 2.63. The second-order valence-electron chi connectivity index (χ2n) is 5.85. The van der Waals surface area contributed by atoms with Crippen LogP contribution in [-0.4, -0.2) is 18.5 Å². The predicted octanol–water partition coefficient (Wildman–Crippen LogP) is 5.52. The van der Waals surface area contributed by atoms with Gasteiger partial charge >= 0.3 is 5.97 Å². The molecule has 0 aliphatic rings. The van der Waals surface area contributed by atoms with E-state index in [9.17, 15) is 9.59 Å². The summed E-state index contributed by atoms with van der Waals surface area (Å²) in [4.78, 5) is 23.9. The molecule has 0 aromatic heterocycles. The van der Waals surface area contributed by atoms with Gasteiger partial charge in [-0.3, -0.25) is 4.79 Å². The van der Waals surface area contributed by atoms with Crippen LogP contribution in [0.1, 0.15) is 42.1 Å². The maximum Gasteiger partial charge on any atom is 0.338 e. The zero-order valence-electron chi connectivity index (χ0n) is 14.6. The van der Waals surface area contributed by atoms with Crippen molar-refractivity contribution in [3.05, 3.63) is 63.6 Å². The number of hydrogen-bond acceptors (Lipinski definition) is 3. The molecule has 0 atom stereocenters. The van der Waals surface area contributed by atoms with Crippen LogP contribution >= 0.6 is 23.2 Å². The van der Waals surface area contributed by atoms with Crippen molar-refractivity contribution in [2.24, 2.45) is 0 Å². The molecule has 0 radical (unpaired) electrons. The highest BCUT2D eigenvalue weighted by Crippen LogP contribution is 2.22. The molecule has 0 aliphatic carbocycles. The Labute approximate surface area is 163 Å². The summed E-state index contributed by atoms with van der Waals surface area (Å²) in [6.45, 7) is 2.45. The maximum absolute atomic E-state index is 12.1. The van der Waals surface area contributed by atoms with Crippen LogP contribution < -0.4 is 5.32 Å². The number of nitrogens with one attached hydrogen (secondary N) is 1. The van der Waals surface area contributed by atoms with E-state index in [2.05, 4.69) is 5.32 Å². The number of ether oxygens (including phenoxy) is 1. The Bertz CT molecular complexity index is 760. The number of benzene rings is 2. The molecule has 2 rings (SSSR count). The van der Waals surface area contributed by atoms with E-state index in [0.29, 0.717) is 40.7 Å². The molecule has 0 saturated heterocycles. The van der Waals surface area contributed by atoms with Gasteiger partial charge in [0.1, 0.15) is 0 Å². The van der Waals surface area contributed by atoms with Crippen LogP contribution in [0.25, 0.3) is 0 Å². The zero-order chi connectivity index (χ0) is 18.9. The smallest absolute Gasteiger partial charge is 0.338 e. The van der Waals surface area contributed by atoms with Gasteiger partial charge in [-0.1, -0.05) is 42.6 Å². The third kappa shape index (κ3) is 6.36. The fraction of sp³-hybridized carbons (Fsp3) is 0.300. The molecule has 0 aliphatic heterocycles. The summed E-state index contributed by atoms with van der Waals surface area (Å²) in [5, 5.41) is 3.92. The van der Waals surface area contributed by atoms with Crippen LogP contribution in [0.2, 0.25) is 10.0 Å². The van der Waals surface area contributed by atoms with Crippen LogP contribution in [0.4, 0.5) is 5.69 Å². The Morgan fingerprint density at radius 2 is 1.81 bits per heavy atom. The lowest BCUT2D eigenvalue weighted by atomic mass is 10.1. The number of aryl methyl sites for hydroxylation is 1. The van der Waals surface area contributed by atoms with E-state index in [1.807, 2.05) is 13.0 Å². The maximum atomic E-state index is 12.1. The number of unbranched alkanes of at least 4 members (excludes halogenated alkanes) is 1. The van der Waals surface area contributed by atoms with Crippen molar-refractivity contribution in [3.8, 4) is 0 Å². The molecule has 0 heterocycles. The summed E-state index contributed by atoms with van der Waals surface area (Å²) in [6, 6.07) is 11.9. The Morgan fingerprint density at radius 3 is 2.46 bits per heavy atom. The monoisotopic (exact) mass is 393 g/mol. The lowest BCUT2D eigenvalue weighted by molar-refractivity contribution is -0.116. The number of esters is 1. The van der Waals surface area contributed by atoms with E-state index >= 15 is 0 Å². The van der Waals surface area contributed by atoms with Gasteiger partial charge in [-0.15, -0.1) is 0 Å². The van der Waals surface area contributed by atoms with Crippen molar-refractivity contribution in [1.29, 1.82) is 0 Å². The molecule has 2 aromatic carbocycles. The summed E-state index contributed by atoms with van der Waals surface area (Å²) >= 11 is 12.0. The van der Waals surface area contributed by atoms with Crippen molar-refractivity contribution in [2.45, 2.75) is 32.6 Å². The van der Waals surface area contributed by atoms with Gasteiger partial charge in [0.05, 0.1) is 12.2 Å². The summed E-state index contributed by atoms with van der Waals surface area (Å²) in [5.41, 5.74) is 1.96. The molecule has 0 spiro atoms. The van der Waals surface area contributed by atoms with E-state index in [4.69, 9.17) is 27.9 Å². The molecule has 0 fully saturated rings. The number of hydrogen-bond donors (Lipinski definition) is 1. The summed E-state index contributed by atoms with van der Waals surface area (Å²) in [5.74, 6) is -0.483. The van der Waals surface area contributed by atoms with Gasteiger partial charge in [0, 0.05) is 22.2 Å². The predicted molar refractivity (Wildman–Crippen MR) is 105 cm³/mol. The Balaban J connectivity index is 1.84. The van der Waals surface area contributed by atoms with Crippen LogP contribution in [0.3, 0.4) is 0 Å². The molecular weight excluding hydrogens is 373 g/mol. The van der Waals surface area contributed by atoms with Gasteiger partial charge in [0.15, 0.2) is 0 Å². The van der Waals surface area contributed by atoms with E-state index < -0.39 is 0 Å². The lowest BCUT2D eigenvalue weighted by Gasteiger charge is -2.08. The van der Waals surface area contributed by atoms with Crippen molar-refractivity contribution < 1.29 is 14.3 Å². The van der Waals surface area contributed by atoms with Crippen molar-refractivity contribution in [2.75, 3.05) is 11.9 Å². The highest BCUT2D eigenvalue weighted by atomic mass is 35.5. The van der Waals surface area contributed by atoms with Crippen LogP contribution in [0, 0.1) is 0 Å². The highest BCUT2D eigenvalue weighted by molar-refractivity contribution is 6.35. The number of carbonyl (C=O) groups is 2. The lowest BCUT2D eigenvalue weighted by Crippen LogP contribution is -2.13. The van der Waals surface area contributed by atoms with Gasteiger partial charge in [-0.05, 0) is 54.8 Å². The molecule has 138 valence electrons. The van der Waals surface area contributed by atoms with E-state index in [1.165, 1.54) is 0 Å². The summed E-state index contributed by atoms with van der Waals surface area (Å²) in [7, 11) is 0. The van der Waals surface area contributed by atoms with Gasteiger partial charge in [-0.25, -0.2) is 4.79 Å². The molecule has 2 aromatic rings. The molecule has 1 amide bonds. The SMILES string of the molecule is CCCCOC(=O)c1ccc(NC(=O)CCc2ccc(Cl)cc2Cl)cc1. The minimum Gasteiger partial charge on any atom is -0.462 e. The topological polar surface area (TPSA) is 55.4 Å². The number of halogens is 2. The minimum absolute atomic E-state index is 0.130. The van der Waals surface area contributed by atoms with Crippen LogP contribution in [0.5, 0.6) is 0 Å². The fourth-order valence-electron chi connectivity index (χ4n) is 2.28. The Kier molecular flexibility index (Phi) is 7.95. The van der Waals surface area contributed by atoms with Gasteiger partial charge in [0.2, 0.25) is 5.91 Å². The van der Waals surface area contributed by atoms with E-state index in [0.717, 1.165) is 18.4 Å². The molecule has 26 heavy (non-hydrogen) atoms. The van der Waals surface area contributed by atoms with E-state index in [-0.39, 0.29) is 11.9 Å². The summed E-state index contributed by atoms with van der Waals surface area (Å²) < 4.78 is 5.15. The highest BCUT2D eigenvalue weighted by Gasteiger charge is 2.09. The normalized spacial score (nSPS) is 10.4. The molecule has 4 nitrogen and oxygen atoms in total. The first-order valence-electron chi connectivity index (χ1n) is 8.50. The second-order valence-corrected chi connectivity index (χ2v) is 6.69. The van der Waals surface area contributed by atoms with Gasteiger partial charge < -0.3 is 10.1 Å². The van der Waals surface area contributed by atoms with Crippen LogP contribution in [0.15, 0.2) is 42.5 Å². The Morgan fingerprint density at radius 1 is 1.08 bits per heavy atom. The zero-order valence-corrected chi connectivity index (χ0v) is 16.1. The van der Waals surface area contributed by atoms with Crippen molar-refractivity contribution >= 4 is 40.8 Å². The first-order chi connectivity index (χ1) is 12.5. The minimum atomic E-state index is -0.353. The second kappa shape index (κ2) is 10.2. The molecule has 1 N–H and O–H groups in total. The number of anilines is 1. The van der Waals surface area contributed by atoms with Crippen molar-refractivity contribution in [3.63, 3.8) is 0 Å². The third-order valence-electron chi connectivity index (χ3n) is 3.77. The number of carbonyl (C=O) groups excluding carboxylic acids is 2. The Hall–Kier alpha value is -2.04. The van der Waals surface area contributed by atoms with E-state index in [1.54, 1.807) is 36.4 Å². The molecule has 0 unspecified atom stereocenters. The first-order valence-corrected chi connectivity index (χ1v) is 9.26. The van der Waals surface area contributed by atoms with Gasteiger partial charge in [-0.2, -0.15) is 0 Å². The van der Waals surface area contributed by atoms with Crippen LogP contribution in [-0.2, 0) is 16.0 Å². The quantitative estimate of drug-likeness (QED) is 0.474. The average Bonchev–Trinajstić information content (AvgIpc) is 2.61. The van der Waals surface area contributed by atoms with Gasteiger partial charge in [0.25, 0.3) is 0 Å². The third-order valence-corrected chi connectivity index (χ3v) is 4.36. The molecule has 0 saturated carbocycles. The number of rotatable bonds is 8. The molecular formula is C20H21Cl2NO3.